The first-order valence-electron chi connectivity index (χ1n) is 11.1. The first-order chi connectivity index (χ1) is 16.2. The fourth-order valence-corrected chi connectivity index (χ4v) is 4.74. The third kappa shape index (κ3) is 4.59. The summed E-state index contributed by atoms with van der Waals surface area (Å²) in [5, 5.41) is 14.0. The molecule has 33 heavy (non-hydrogen) atoms. The van der Waals surface area contributed by atoms with Crippen LogP contribution < -0.4 is 9.64 Å². The van der Waals surface area contributed by atoms with Gasteiger partial charge in [-0.2, -0.15) is 4.98 Å². The van der Waals surface area contributed by atoms with Gasteiger partial charge < -0.3 is 14.2 Å². The van der Waals surface area contributed by atoms with E-state index in [0.717, 1.165) is 35.4 Å². The monoisotopic (exact) mass is 462 g/mol. The zero-order valence-corrected chi connectivity index (χ0v) is 19.6. The molecule has 0 aliphatic carbocycles. The standard InChI is InChI=1S/C24H26N6O2S/c1-17-10-12-18(13-11-17)30-23(29-14-6-3-7-15-29)26-27-24(30)33-16-21-25-22(28-32-21)19-8-4-5-9-20(19)31-2/h4-5,8-13H,3,6-7,14-16H2,1-2H3. The number of hydrogen-bond donors (Lipinski definition) is 0. The maximum absolute atomic E-state index is 5.52. The minimum atomic E-state index is 0.492. The number of methoxy groups -OCH3 is 1. The SMILES string of the molecule is COc1ccccc1-c1noc(CSc2nnc(N3CCCCC3)n2-c2ccc(C)cc2)n1. The molecule has 0 unspecified atom stereocenters. The number of hydrogen-bond acceptors (Lipinski definition) is 8. The van der Waals surface area contributed by atoms with Crippen LogP contribution in [0.5, 0.6) is 5.75 Å². The number of benzene rings is 2. The van der Waals surface area contributed by atoms with Crippen LogP contribution in [0, 0.1) is 6.92 Å². The van der Waals surface area contributed by atoms with Gasteiger partial charge in [0, 0.05) is 13.1 Å². The molecule has 3 heterocycles. The average Bonchev–Trinajstić information content (AvgIpc) is 3.51. The smallest absolute Gasteiger partial charge is 0.237 e. The van der Waals surface area contributed by atoms with E-state index < -0.39 is 0 Å². The van der Waals surface area contributed by atoms with E-state index in [2.05, 4.69) is 61.0 Å². The number of thioether (sulfide) groups is 1. The van der Waals surface area contributed by atoms with E-state index in [0.29, 0.717) is 23.2 Å². The van der Waals surface area contributed by atoms with Gasteiger partial charge in [0.25, 0.3) is 0 Å². The molecule has 1 saturated heterocycles. The Morgan fingerprint density at radius 2 is 1.79 bits per heavy atom. The van der Waals surface area contributed by atoms with Crippen molar-refractivity contribution in [3.63, 3.8) is 0 Å². The number of para-hydroxylation sites is 1. The molecule has 0 radical (unpaired) electrons. The zero-order chi connectivity index (χ0) is 22.6. The second-order valence-electron chi connectivity index (χ2n) is 8.00. The topological polar surface area (TPSA) is 82.1 Å². The van der Waals surface area contributed by atoms with Crippen molar-refractivity contribution in [2.24, 2.45) is 0 Å². The van der Waals surface area contributed by atoms with Crippen LogP contribution in [0.15, 0.2) is 58.2 Å². The molecule has 9 heteroatoms. The summed E-state index contributed by atoms with van der Waals surface area (Å²) in [6.07, 6.45) is 3.62. The predicted octanol–water partition coefficient (Wildman–Crippen LogP) is 4.92. The molecule has 5 rings (SSSR count). The van der Waals surface area contributed by atoms with Gasteiger partial charge in [-0.05, 0) is 50.5 Å². The maximum Gasteiger partial charge on any atom is 0.237 e. The van der Waals surface area contributed by atoms with Crippen molar-refractivity contribution in [2.45, 2.75) is 37.1 Å². The van der Waals surface area contributed by atoms with Crippen LogP contribution in [0.25, 0.3) is 17.1 Å². The molecular formula is C24H26N6O2S. The van der Waals surface area contributed by atoms with Gasteiger partial charge in [-0.1, -0.05) is 46.7 Å². The van der Waals surface area contributed by atoms with Crippen molar-refractivity contribution in [1.82, 2.24) is 24.9 Å². The van der Waals surface area contributed by atoms with E-state index in [1.54, 1.807) is 7.11 Å². The molecule has 0 saturated carbocycles. The van der Waals surface area contributed by atoms with E-state index in [4.69, 9.17) is 9.26 Å². The summed E-state index contributed by atoms with van der Waals surface area (Å²) in [5.74, 6) is 3.13. The molecule has 1 aliphatic rings. The van der Waals surface area contributed by atoms with Crippen LogP contribution >= 0.6 is 11.8 Å². The van der Waals surface area contributed by atoms with Gasteiger partial charge in [-0.25, -0.2) is 0 Å². The van der Waals surface area contributed by atoms with Gasteiger partial charge in [-0.15, -0.1) is 10.2 Å². The highest BCUT2D eigenvalue weighted by atomic mass is 32.2. The predicted molar refractivity (Wildman–Crippen MR) is 128 cm³/mol. The summed E-state index contributed by atoms with van der Waals surface area (Å²) in [5.41, 5.74) is 3.07. The Morgan fingerprint density at radius 3 is 2.58 bits per heavy atom. The number of aromatic nitrogens is 5. The summed E-state index contributed by atoms with van der Waals surface area (Å²) >= 11 is 1.54. The number of ether oxygens (including phenoxy) is 1. The average molecular weight is 463 g/mol. The number of nitrogens with zero attached hydrogens (tertiary/aromatic N) is 6. The van der Waals surface area contributed by atoms with E-state index >= 15 is 0 Å². The summed E-state index contributed by atoms with van der Waals surface area (Å²) in [7, 11) is 1.63. The molecular weight excluding hydrogens is 436 g/mol. The third-order valence-corrected chi connectivity index (χ3v) is 6.60. The summed E-state index contributed by atoms with van der Waals surface area (Å²) in [6, 6.07) is 16.1. The number of aryl methyl sites for hydroxylation is 1. The molecule has 1 aliphatic heterocycles. The van der Waals surface area contributed by atoms with Crippen LogP contribution in [-0.4, -0.2) is 45.1 Å². The van der Waals surface area contributed by atoms with Crippen molar-refractivity contribution < 1.29 is 9.26 Å². The molecule has 8 nitrogen and oxygen atoms in total. The van der Waals surface area contributed by atoms with Crippen LogP contribution in [0.2, 0.25) is 0 Å². The Kier molecular flexibility index (Phi) is 6.30. The fourth-order valence-electron chi connectivity index (χ4n) is 3.95. The molecule has 2 aromatic heterocycles. The Balaban J connectivity index is 1.40. The zero-order valence-electron chi connectivity index (χ0n) is 18.8. The van der Waals surface area contributed by atoms with Gasteiger partial charge in [-0.3, -0.25) is 4.57 Å². The molecule has 2 aromatic carbocycles. The van der Waals surface area contributed by atoms with Crippen LogP contribution in [0.3, 0.4) is 0 Å². The van der Waals surface area contributed by atoms with E-state index in [9.17, 15) is 0 Å². The van der Waals surface area contributed by atoms with E-state index in [-0.39, 0.29) is 0 Å². The van der Waals surface area contributed by atoms with Crippen LogP contribution in [-0.2, 0) is 5.75 Å². The molecule has 0 bridgehead atoms. The number of piperidine rings is 1. The van der Waals surface area contributed by atoms with Crippen molar-refractivity contribution in [1.29, 1.82) is 0 Å². The lowest BCUT2D eigenvalue weighted by Crippen LogP contribution is -2.31. The largest absolute Gasteiger partial charge is 0.496 e. The lowest BCUT2D eigenvalue weighted by Gasteiger charge is -2.27. The number of anilines is 1. The molecule has 0 amide bonds. The van der Waals surface area contributed by atoms with Crippen LogP contribution in [0.4, 0.5) is 5.95 Å². The molecule has 0 N–H and O–H groups in total. The van der Waals surface area contributed by atoms with Gasteiger partial charge >= 0.3 is 0 Å². The Labute approximate surface area is 197 Å². The second-order valence-corrected chi connectivity index (χ2v) is 8.94. The molecule has 170 valence electrons. The first-order valence-corrected chi connectivity index (χ1v) is 12.1. The highest BCUT2D eigenvalue weighted by molar-refractivity contribution is 7.98. The molecule has 0 atom stereocenters. The van der Waals surface area contributed by atoms with Gasteiger partial charge in [0.2, 0.25) is 17.7 Å². The number of rotatable bonds is 7. The van der Waals surface area contributed by atoms with Crippen molar-refractivity contribution in [2.75, 3.05) is 25.1 Å². The van der Waals surface area contributed by atoms with E-state index in [1.165, 1.54) is 36.6 Å². The summed E-state index contributed by atoms with van der Waals surface area (Å²) < 4.78 is 13.1. The van der Waals surface area contributed by atoms with Gasteiger partial charge in [0.05, 0.1) is 24.1 Å². The highest BCUT2D eigenvalue weighted by Crippen LogP contribution is 2.31. The quantitative estimate of drug-likeness (QED) is 0.358. The van der Waals surface area contributed by atoms with Crippen molar-refractivity contribution >= 4 is 17.7 Å². The van der Waals surface area contributed by atoms with Gasteiger partial charge in [0.1, 0.15) is 5.75 Å². The van der Waals surface area contributed by atoms with Crippen molar-refractivity contribution in [3.8, 4) is 22.8 Å². The fraction of sp³-hybridized carbons (Fsp3) is 0.333. The maximum atomic E-state index is 5.52. The Hall–Kier alpha value is -3.33. The summed E-state index contributed by atoms with van der Waals surface area (Å²) in [4.78, 5) is 6.89. The lowest BCUT2D eigenvalue weighted by molar-refractivity contribution is 0.390. The van der Waals surface area contributed by atoms with E-state index in [1.807, 2.05) is 24.3 Å². The molecule has 0 spiro atoms. The normalized spacial score (nSPS) is 13.9. The Morgan fingerprint density at radius 1 is 1.00 bits per heavy atom. The van der Waals surface area contributed by atoms with Gasteiger partial charge in [0.15, 0.2) is 5.16 Å². The lowest BCUT2D eigenvalue weighted by atomic mass is 10.1. The highest BCUT2D eigenvalue weighted by Gasteiger charge is 2.22. The minimum Gasteiger partial charge on any atom is -0.496 e. The molecule has 1 fully saturated rings. The summed E-state index contributed by atoms with van der Waals surface area (Å²) in [6.45, 7) is 4.09. The van der Waals surface area contributed by atoms with Crippen LogP contribution in [0.1, 0.15) is 30.7 Å². The molecule has 4 aromatic rings. The first kappa shape index (κ1) is 21.5. The second kappa shape index (κ2) is 9.66. The minimum absolute atomic E-state index is 0.492. The third-order valence-electron chi connectivity index (χ3n) is 5.69. The Bertz CT molecular complexity index is 1210. The van der Waals surface area contributed by atoms with Crippen molar-refractivity contribution in [3.05, 3.63) is 60.0 Å².